The first kappa shape index (κ1) is 17.6. The smallest absolute Gasteiger partial charge is 0.243 e. The van der Waals surface area contributed by atoms with E-state index >= 15 is 0 Å². The lowest BCUT2D eigenvalue weighted by atomic mass is 10.0. The van der Waals surface area contributed by atoms with Gasteiger partial charge in [0.1, 0.15) is 11.9 Å². The molecule has 1 saturated heterocycles. The molecule has 5 nitrogen and oxygen atoms in total. The van der Waals surface area contributed by atoms with Crippen LogP contribution in [0.15, 0.2) is 48.5 Å². The number of carbonyl (C=O) groups excluding carboxylic acids is 1. The maximum absolute atomic E-state index is 13.0. The molecule has 1 atom stereocenters. The van der Waals surface area contributed by atoms with Crippen molar-refractivity contribution in [2.45, 2.75) is 18.7 Å². The summed E-state index contributed by atoms with van der Waals surface area (Å²) in [7, 11) is -3.74. The first-order valence-electron chi connectivity index (χ1n) is 7.95. The molecule has 25 heavy (non-hydrogen) atoms. The Kier molecular flexibility index (Phi) is 4.87. The maximum Gasteiger partial charge on any atom is 0.243 e. The second-order valence-corrected chi connectivity index (χ2v) is 8.02. The van der Waals surface area contributed by atoms with E-state index in [4.69, 9.17) is 0 Å². The van der Waals surface area contributed by atoms with Crippen LogP contribution >= 0.6 is 0 Å². The second kappa shape index (κ2) is 6.93. The molecule has 1 amide bonds. The first-order valence-corrected chi connectivity index (χ1v) is 9.56. The van der Waals surface area contributed by atoms with Gasteiger partial charge >= 0.3 is 0 Å². The van der Waals surface area contributed by atoms with Crippen molar-refractivity contribution in [3.05, 3.63) is 71.0 Å². The molecule has 1 aliphatic heterocycles. The number of sulfonamides is 1. The SMILES string of the molecule is Cc1cccc(C2C(=O)NCCN2S(=O)(=O)Cc2ccc(F)cc2)c1. The van der Waals surface area contributed by atoms with Gasteiger partial charge in [0.25, 0.3) is 0 Å². The van der Waals surface area contributed by atoms with Crippen molar-refractivity contribution < 1.29 is 17.6 Å². The second-order valence-electron chi connectivity index (χ2n) is 6.10. The number of nitrogens with one attached hydrogen (secondary N) is 1. The van der Waals surface area contributed by atoms with Gasteiger partial charge in [-0.2, -0.15) is 4.31 Å². The summed E-state index contributed by atoms with van der Waals surface area (Å²) in [5, 5.41) is 2.73. The normalized spacial score (nSPS) is 18.8. The zero-order chi connectivity index (χ0) is 18.0. The lowest BCUT2D eigenvalue weighted by Crippen LogP contribution is -2.52. The highest BCUT2D eigenvalue weighted by Crippen LogP contribution is 2.28. The van der Waals surface area contributed by atoms with E-state index in [0.717, 1.165) is 5.56 Å². The molecule has 0 aliphatic carbocycles. The van der Waals surface area contributed by atoms with E-state index in [1.807, 2.05) is 19.1 Å². The van der Waals surface area contributed by atoms with Gasteiger partial charge < -0.3 is 5.32 Å². The molecule has 132 valence electrons. The third-order valence-corrected chi connectivity index (χ3v) is 5.95. The van der Waals surface area contributed by atoms with Gasteiger partial charge in [-0.15, -0.1) is 0 Å². The minimum Gasteiger partial charge on any atom is -0.353 e. The van der Waals surface area contributed by atoms with Crippen molar-refractivity contribution in [1.29, 1.82) is 0 Å². The molecule has 7 heteroatoms. The van der Waals surface area contributed by atoms with Crippen LogP contribution in [0.3, 0.4) is 0 Å². The van der Waals surface area contributed by atoms with Crippen LogP contribution in [0.2, 0.25) is 0 Å². The fraction of sp³-hybridized carbons (Fsp3) is 0.278. The van der Waals surface area contributed by atoms with Gasteiger partial charge in [-0.05, 0) is 30.2 Å². The van der Waals surface area contributed by atoms with Crippen LogP contribution in [0.4, 0.5) is 4.39 Å². The summed E-state index contributed by atoms with van der Waals surface area (Å²) in [5.41, 5.74) is 2.07. The topological polar surface area (TPSA) is 66.5 Å². The number of carbonyl (C=O) groups is 1. The van der Waals surface area contributed by atoms with E-state index in [1.165, 1.54) is 28.6 Å². The van der Waals surface area contributed by atoms with Gasteiger partial charge in [-0.1, -0.05) is 42.0 Å². The number of benzene rings is 2. The molecular weight excluding hydrogens is 343 g/mol. The number of amides is 1. The van der Waals surface area contributed by atoms with Gasteiger partial charge in [-0.25, -0.2) is 12.8 Å². The van der Waals surface area contributed by atoms with Crippen molar-refractivity contribution in [3.8, 4) is 0 Å². The lowest BCUT2D eigenvalue weighted by Gasteiger charge is -2.34. The van der Waals surface area contributed by atoms with Gasteiger partial charge in [0.2, 0.25) is 15.9 Å². The predicted octanol–water partition coefficient (Wildman–Crippen LogP) is 2.14. The van der Waals surface area contributed by atoms with Crippen LogP contribution in [0.1, 0.15) is 22.7 Å². The Hall–Kier alpha value is -2.25. The van der Waals surface area contributed by atoms with Crippen molar-refractivity contribution in [2.75, 3.05) is 13.1 Å². The Morgan fingerprint density at radius 3 is 2.60 bits per heavy atom. The number of aryl methyl sites for hydroxylation is 1. The Morgan fingerprint density at radius 2 is 1.92 bits per heavy atom. The summed E-state index contributed by atoms with van der Waals surface area (Å²) < 4.78 is 40.1. The molecule has 0 radical (unpaired) electrons. The van der Waals surface area contributed by atoms with Gasteiger partial charge in [-0.3, -0.25) is 4.79 Å². The van der Waals surface area contributed by atoms with Crippen LogP contribution in [0.25, 0.3) is 0 Å². The molecule has 1 heterocycles. The van der Waals surface area contributed by atoms with E-state index in [1.54, 1.807) is 12.1 Å². The molecule has 0 aromatic heterocycles. The molecule has 0 saturated carbocycles. The molecule has 0 bridgehead atoms. The average Bonchev–Trinajstić information content (AvgIpc) is 2.56. The van der Waals surface area contributed by atoms with Crippen molar-refractivity contribution >= 4 is 15.9 Å². The molecule has 2 aromatic rings. The summed E-state index contributed by atoms with van der Waals surface area (Å²) in [6.45, 7) is 2.36. The molecule has 1 fully saturated rings. The Morgan fingerprint density at radius 1 is 1.20 bits per heavy atom. The van der Waals surface area contributed by atoms with E-state index in [-0.39, 0.29) is 24.7 Å². The highest BCUT2D eigenvalue weighted by atomic mass is 32.2. The zero-order valence-electron chi connectivity index (χ0n) is 13.8. The Balaban J connectivity index is 1.94. The van der Waals surface area contributed by atoms with Crippen molar-refractivity contribution in [2.24, 2.45) is 0 Å². The van der Waals surface area contributed by atoms with E-state index in [2.05, 4.69) is 5.32 Å². The minimum absolute atomic E-state index is 0.202. The largest absolute Gasteiger partial charge is 0.353 e. The Bertz CT molecular complexity index is 881. The fourth-order valence-corrected chi connectivity index (χ4v) is 4.67. The Labute approximate surface area is 146 Å². The number of hydrogen-bond donors (Lipinski definition) is 1. The fourth-order valence-electron chi connectivity index (χ4n) is 2.98. The van der Waals surface area contributed by atoms with Crippen molar-refractivity contribution in [3.63, 3.8) is 0 Å². The third-order valence-electron chi connectivity index (χ3n) is 4.15. The number of hydrogen-bond acceptors (Lipinski definition) is 3. The minimum atomic E-state index is -3.74. The maximum atomic E-state index is 13.0. The highest BCUT2D eigenvalue weighted by molar-refractivity contribution is 7.88. The average molecular weight is 362 g/mol. The van der Waals surface area contributed by atoms with E-state index < -0.39 is 21.9 Å². The van der Waals surface area contributed by atoms with Gasteiger partial charge in [0, 0.05) is 13.1 Å². The molecule has 1 N–H and O–H groups in total. The molecule has 1 aliphatic rings. The number of piperazine rings is 1. The summed E-state index contributed by atoms with van der Waals surface area (Å²) in [4.78, 5) is 12.4. The summed E-state index contributed by atoms with van der Waals surface area (Å²) in [6.07, 6.45) is 0. The molecule has 2 aromatic carbocycles. The molecular formula is C18H19FN2O3S. The molecule has 1 unspecified atom stereocenters. The number of halogens is 1. The van der Waals surface area contributed by atoms with Gasteiger partial charge in [0.05, 0.1) is 5.75 Å². The highest BCUT2D eigenvalue weighted by Gasteiger charge is 2.38. The summed E-state index contributed by atoms with van der Waals surface area (Å²) in [6, 6.07) is 11.7. The lowest BCUT2D eigenvalue weighted by molar-refractivity contribution is -0.126. The third kappa shape index (κ3) is 3.88. The predicted molar refractivity (Wildman–Crippen MR) is 92.7 cm³/mol. The zero-order valence-corrected chi connectivity index (χ0v) is 14.6. The summed E-state index contributed by atoms with van der Waals surface area (Å²) >= 11 is 0. The van der Waals surface area contributed by atoms with Crippen LogP contribution < -0.4 is 5.32 Å². The first-order chi connectivity index (χ1) is 11.9. The van der Waals surface area contributed by atoms with Crippen LogP contribution in [0, 0.1) is 12.7 Å². The number of rotatable bonds is 4. The van der Waals surface area contributed by atoms with Crippen LogP contribution in [-0.2, 0) is 20.6 Å². The molecule has 3 rings (SSSR count). The van der Waals surface area contributed by atoms with E-state index in [0.29, 0.717) is 11.1 Å². The summed E-state index contributed by atoms with van der Waals surface area (Å²) in [5.74, 6) is -1.03. The van der Waals surface area contributed by atoms with Crippen LogP contribution in [0.5, 0.6) is 0 Å². The number of nitrogens with zero attached hydrogens (tertiary/aromatic N) is 1. The standard InChI is InChI=1S/C18H19FN2O3S/c1-13-3-2-4-15(11-13)17-18(22)20-9-10-21(17)25(23,24)12-14-5-7-16(19)8-6-14/h2-8,11,17H,9-10,12H2,1H3,(H,20,22). The quantitative estimate of drug-likeness (QED) is 0.906. The van der Waals surface area contributed by atoms with Crippen LogP contribution in [-0.4, -0.2) is 31.7 Å². The monoisotopic (exact) mass is 362 g/mol. The van der Waals surface area contributed by atoms with Gasteiger partial charge in [0.15, 0.2) is 0 Å². The van der Waals surface area contributed by atoms with E-state index in [9.17, 15) is 17.6 Å². The molecule has 0 spiro atoms. The van der Waals surface area contributed by atoms with Crippen molar-refractivity contribution in [1.82, 2.24) is 9.62 Å².